The smallest absolute Gasteiger partial charge is 0.259 e. The van der Waals surface area contributed by atoms with E-state index >= 15 is 0 Å². The van der Waals surface area contributed by atoms with Crippen molar-refractivity contribution in [1.82, 2.24) is 19.9 Å². The van der Waals surface area contributed by atoms with Crippen molar-refractivity contribution in [3.63, 3.8) is 0 Å². The number of hydrogen-bond acceptors (Lipinski definition) is 5. The summed E-state index contributed by atoms with van der Waals surface area (Å²) in [5, 5.41) is 12.5. The second-order valence-electron chi connectivity index (χ2n) is 6.83. The standard InChI is InChI=1S/C22H19FN6O2/c1-13-5-3-4-6-17(13)27-20-18(9-14(10-25-20)21(30)24-2)28-22(31)16-11-26-29-12-15(23)7-8-19(16)29/h3-12H,1-2H3,(H,24,30)(H,25,27)(H,28,31). The molecule has 0 fully saturated rings. The SMILES string of the molecule is CNC(=O)c1cnc(Nc2ccccc2C)c(NC(=O)c2cnn3cc(F)ccc23)c1. The molecule has 0 aliphatic carbocycles. The van der Waals surface area contributed by atoms with E-state index in [1.807, 2.05) is 31.2 Å². The van der Waals surface area contributed by atoms with Gasteiger partial charge in [0, 0.05) is 18.9 Å². The van der Waals surface area contributed by atoms with Crippen molar-refractivity contribution in [2.75, 3.05) is 17.7 Å². The van der Waals surface area contributed by atoms with Crippen LogP contribution in [0.15, 0.2) is 61.1 Å². The number of para-hydroxylation sites is 1. The fraction of sp³-hybridized carbons (Fsp3) is 0.0909. The molecule has 0 saturated carbocycles. The molecule has 9 heteroatoms. The third kappa shape index (κ3) is 4.06. The summed E-state index contributed by atoms with van der Waals surface area (Å²) in [5.74, 6) is -0.894. The molecular weight excluding hydrogens is 399 g/mol. The number of carbonyl (C=O) groups is 2. The summed E-state index contributed by atoms with van der Waals surface area (Å²) < 4.78 is 14.7. The first-order chi connectivity index (χ1) is 15.0. The highest BCUT2D eigenvalue weighted by atomic mass is 19.1. The summed E-state index contributed by atoms with van der Waals surface area (Å²) in [6.07, 6.45) is 3.97. The van der Waals surface area contributed by atoms with Gasteiger partial charge < -0.3 is 16.0 Å². The summed E-state index contributed by atoms with van der Waals surface area (Å²) in [6, 6.07) is 11.9. The van der Waals surface area contributed by atoms with Crippen LogP contribution in [-0.4, -0.2) is 33.5 Å². The second-order valence-corrected chi connectivity index (χ2v) is 6.83. The molecule has 2 amide bonds. The van der Waals surface area contributed by atoms with Gasteiger partial charge in [0.25, 0.3) is 11.8 Å². The minimum absolute atomic E-state index is 0.257. The molecule has 3 heterocycles. The number of aromatic nitrogens is 3. The lowest BCUT2D eigenvalue weighted by atomic mass is 10.2. The number of rotatable bonds is 5. The van der Waals surface area contributed by atoms with Gasteiger partial charge in [-0.15, -0.1) is 0 Å². The van der Waals surface area contributed by atoms with E-state index in [-0.39, 0.29) is 17.0 Å². The molecule has 0 bridgehead atoms. The Balaban J connectivity index is 1.71. The molecule has 0 aliphatic heterocycles. The molecule has 0 aliphatic rings. The molecule has 31 heavy (non-hydrogen) atoms. The molecule has 3 aromatic heterocycles. The summed E-state index contributed by atoms with van der Waals surface area (Å²) in [5.41, 5.74) is 3.10. The maximum Gasteiger partial charge on any atom is 0.259 e. The molecule has 0 atom stereocenters. The van der Waals surface area contributed by atoms with Crippen LogP contribution in [0.5, 0.6) is 0 Å². The number of halogens is 1. The summed E-state index contributed by atoms with van der Waals surface area (Å²) in [6.45, 7) is 1.94. The molecule has 0 radical (unpaired) electrons. The van der Waals surface area contributed by atoms with Gasteiger partial charge in [-0.05, 0) is 36.8 Å². The number of benzene rings is 1. The molecule has 3 N–H and O–H groups in total. The molecule has 0 saturated heterocycles. The minimum atomic E-state index is -0.467. The normalized spacial score (nSPS) is 10.7. The molecule has 156 valence electrons. The van der Waals surface area contributed by atoms with Gasteiger partial charge in [0.2, 0.25) is 0 Å². The Labute approximate surface area is 177 Å². The van der Waals surface area contributed by atoms with Crippen LogP contribution in [0.25, 0.3) is 5.52 Å². The first-order valence-corrected chi connectivity index (χ1v) is 9.45. The molecule has 4 aromatic rings. The maximum atomic E-state index is 13.4. The van der Waals surface area contributed by atoms with Crippen molar-refractivity contribution in [3.8, 4) is 0 Å². The van der Waals surface area contributed by atoms with Crippen molar-refractivity contribution < 1.29 is 14.0 Å². The van der Waals surface area contributed by atoms with E-state index in [0.29, 0.717) is 17.0 Å². The van der Waals surface area contributed by atoms with Crippen molar-refractivity contribution in [3.05, 3.63) is 83.6 Å². The predicted octanol–water partition coefficient (Wildman–Crippen LogP) is 3.53. The van der Waals surface area contributed by atoms with Crippen LogP contribution in [0.3, 0.4) is 0 Å². The second kappa shape index (κ2) is 8.23. The monoisotopic (exact) mass is 418 g/mol. The van der Waals surface area contributed by atoms with E-state index in [1.54, 1.807) is 0 Å². The number of pyridine rings is 2. The van der Waals surface area contributed by atoms with Crippen LogP contribution in [0.4, 0.5) is 21.6 Å². The lowest BCUT2D eigenvalue weighted by Crippen LogP contribution is -2.19. The highest BCUT2D eigenvalue weighted by Crippen LogP contribution is 2.27. The van der Waals surface area contributed by atoms with Crippen molar-refractivity contribution in [1.29, 1.82) is 0 Å². The highest BCUT2D eigenvalue weighted by Gasteiger charge is 2.17. The molecule has 1 aromatic carbocycles. The van der Waals surface area contributed by atoms with Crippen LogP contribution in [-0.2, 0) is 0 Å². The van der Waals surface area contributed by atoms with Gasteiger partial charge in [-0.25, -0.2) is 13.9 Å². The van der Waals surface area contributed by atoms with E-state index in [1.165, 1.54) is 48.4 Å². The summed E-state index contributed by atoms with van der Waals surface area (Å²) in [4.78, 5) is 29.4. The number of aryl methyl sites for hydroxylation is 1. The van der Waals surface area contributed by atoms with Gasteiger partial charge in [0.15, 0.2) is 5.82 Å². The van der Waals surface area contributed by atoms with Gasteiger partial charge in [-0.3, -0.25) is 9.59 Å². The Kier molecular flexibility index (Phi) is 5.31. The molecule has 0 spiro atoms. The van der Waals surface area contributed by atoms with Crippen LogP contribution < -0.4 is 16.0 Å². The fourth-order valence-corrected chi connectivity index (χ4v) is 3.09. The number of hydrogen-bond donors (Lipinski definition) is 3. The molecule has 0 unspecified atom stereocenters. The Morgan fingerprint density at radius 3 is 2.61 bits per heavy atom. The lowest BCUT2D eigenvalue weighted by Gasteiger charge is -2.14. The number of amides is 2. The Hall–Kier alpha value is -4.27. The quantitative estimate of drug-likeness (QED) is 0.460. The molecular formula is C22H19FN6O2. The third-order valence-corrected chi connectivity index (χ3v) is 4.75. The summed E-state index contributed by atoms with van der Waals surface area (Å²) in [7, 11) is 1.51. The van der Waals surface area contributed by atoms with E-state index in [4.69, 9.17) is 0 Å². The minimum Gasteiger partial charge on any atom is -0.355 e. The van der Waals surface area contributed by atoms with Gasteiger partial charge >= 0.3 is 0 Å². The lowest BCUT2D eigenvalue weighted by molar-refractivity contribution is 0.0961. The molecule has 4 rings (SSSR count). The Morgan fingerprint density at radius 2 is 1.84 bits per heavy atom. The van der Waals surface area contributed by atoms with E-state index in [2.05, 4.69) is 26.0 Å². The first-order valence-electron chi connectivity index (χ1n) is 9.45. The number of nitrogens with zero attached hydrogens (tertiary/aromatic N) is 3. The van der Waals surface area contributed by atoms with E-state index < -0.39 is 11.7 Å². The van der Waals surface area contributed by atoms with Crippen molar-refractivity contribution in [2.24, 2.45) is 0 Å². The third-order valence-electron chi connectivity index (χ3n) is 4.75. The van der Waals surface area contributed by atoms with Gasteiger partial charge in [-0.1, -0.05) is 18.2 Å². The molecule has 8 nitrogen and oxygen atoms in total. The Morgan fingerprint density at radius 1 is 1.03 bits per heavy atom. The number of anilines is 3. The Bertz CT molecular complexity index is 1300. The van der Waals surface area contributed by atoms with Crippen LogP contribution in [0.2, 0.25) is 0 Å². The van der Waals surface area contributed by atoms with E-state index in [9.17, 15) is 14.0 Å². The average Bonchev–Trinajstić information content (AvgIpc) is 3.19. The van der Waals surface area contributed by atoms with Crippen molar-refractivity contribution >= 4 is 34.5 Å². The zero-order valence-corrected chi connectivity index (χ0v) is 16.8. The van der Waals surface area contributed by atoms with Gasteiger partial charge in [0.1, 0.15) is 5.82 Å². The zero-order valence-electron chi connectivity index (χ0n) is 16.8. The van der Waals surface area contributed by atoms with Gasteiger partial charge in [-0.2, -0.15) is 5.10 Å². The van der Waals surface area contributed by atoms with Crippen LogP contribution in [0, 0.1) is 12.7 Å². The van der Waals surface area contributed by atoms with E-state index in [0.717, 1.165) is 11.3 Å². The largest absolute Gasteiger partial charge is 0.355 e. The van der Waals surface area contributed by atoms with Crippen LogP contribution >= 0.6 is 0 Å². The number of carbonyl (C=O) groups excluding carboxylic acids is 2. The first kappa shape index (κ1) is 20.0. The van der Waals surface area contributed by atoms with Crippen molar-refractivity contribution in [2.45, 2.75) is 6.92 Å². The van der Waals surface area contributed by atoms with Gasteiger partial charge in [0.05, 0.1) is 34.7 Å². The average molecular weight is 418 g/mol. The number of fused-ring (bicyclic) bond motifs is 1. The maximum absolute atomic E-state index is 13.4. The zero-order chi connectivity index (χ0) is 22.0. The fourth-order valence-electron chi connectivity index (χ4n) is 3.09. The summed E-state index contributed by atoms with van der Waals surface area (Å²) >= 11 is 0. The highest BCUT2D eigenvalue weighted by molar-refractivity contribution is 6.10. The topological polar surface area (TPSA) is 100 Å². The van der Waals surface area contributed by atoms with Crippen LogP contribution in [0.1, 0.15) is 26.3 Å². The predicted molar refractivity (Wildman–Crippen MR) is 115 cm³/mol. The number of nitrogens with one attached hydrogen (secondary N) is 3.